The second-order valence-corrected chi connectivity index (χ2v) is 4.44. The van der Waals surface area contributed by atoms with Crippen LogP contribution >= 0.6 is 0 Å². The maximum absolute atomic E-state index is 11.3. The van der Waals surface area contributed by atoms with Gasteiger partial charge in [-0.2, -0.15) is 0 Å². The summed E-state index contributed by atoms with van der Waals surface area (Å²) in [7, 11) is 1.67. The van der Waals surface area contributed by atoms with Crippen molar-refractivity contribution in [3.05, 3.63) is 29.8 Å². The average Bonchev–Trinajstić information content (AvgIpc) is 2.38. The van der Waals surface area contributed by atoms with Crippen LogP contribution in [-0.2, 0) is 11.3 Å². The fourth-order valence-electron chi connectivity index (χ4n) is 1.85. The molecule has 0 saturated heterocycles. The Morgan fingerprint density at radius 3 is 2.50 bits per heavy atom. The number of nitrogens with zero attached hydrogens (tertiary/aromatic N) is 1. The maximum Gasteiger partial charge on any atom is 0.221 e. The molecular formula is C14H23N3O. The summed E-state index contributed by atoms with van der Waals surface area (Å²) < 4.78 is 0. The van der Waals surface area contributed by atoms with E-state index in [4.69, 9.17) is 5.73 Å². The number of nitrogens with two attached hydrogens (primary N) is 1. The van der Waals surface area contributed by atoms with Crippen LogP contribution in [0.3, 0.4) is 0 Å². The second-order valence-electron chi connectivity index (χ2n) is 4.44. The van der Waals surface area contributed by atoms with E-state index in [2.05, 4.69) is 17.1 Å². The summed E-state index contributed by atoms with van der Waals surface area (Å²) in [5.74, 6) is 0.0911. The summed E-state index contributed by atoms with van der Waals surface area (Å²) in [6.45, 7) is 4.81. The third kappa shape index (κ3) is 5.19. The highest BCUT2D eigenvalue weighted by Crippen LogP contribution is 2.09. The molecule has 0 bridgehead atoms. The molecule has 0 spiro atoms. The number of hydrogen-bond donors (Lipinski definition) is 2. The minimum atomic E-state index is 0.0911. The molecule has 0 heterocycles. The lowest BCUT2D eigenvalue weighted by atomic mass is 10.2. The van der Waals surface area contributed by atoms with Gasteiger partial charge in [-0.05, 0) is 30.7 Å². The SMILES string of the molecule is CCCN(CCC(=O)NC)Cc1ccc(N)cc1. The van der Waals surface area contributed by atoms with Gasteiger partial charge in [0.2, 0.25) is 5.91 Å². The first-order chi connectivity index (χ1) is 8.65. The maximum atomic E-state index is 11.3. The van der Waals surface area contributed by atoms with Crippen LogP contribution in [0.4, 0.5) is 5.69 Å². The Labute approximate surface area is 109 Å². The zero-order valence-corrected chi connectivity index (χ0v) is 11.3. The van der Waals surface area contributed by atoms with Crippen LogP contribution in [0.15, 0.2) is 24.3 Å². The quantitative estimate of drug-likeness (QED) is 0.722. The minimum absolute atomic E-state index is 0.0911. The predicted octanol–water partition coefficient (Wildman–Crippen LogP) is 1.62. The Hall–Kier alpha value is -1.55. The van der Waals surface area contributed by atoms with Crippen LogP contribution in [0, 0.1) is 0 Å². The molecule has 18 heavy (non-hydrogen) atoms. The Morgan fingerprint density at radius 2 is 1.94 bits per heavy atom. The number of carbonyl (C=O) groups excluding carboxylic acids is 1. The van der Waals surface area contributed by atoms with Gasteiger partial charge in [-0.1, -0.05) is 19.1 Å². The summed E-state index contributed by atoms with van der Waals surface area (Å²) in [4.78, 5) is 13.6. The van der Waals surface area contributed by atoms with Crippen molar-refractivity contribution in [3.63, 3.8) is 0 Å². The standard InChI is InChI=1S/C14H23N3O/c1-3-9-17(10-8-14(18)16-2)11-12-4-6-13(15)7-5-12/h4-7H,3,8-11,15H2,1-2H3,(H,16,18). The van der Waals surface area contributed by atoms with Gasteiger partial charge in [0.1, 0.15) is 0 Å². The highest BCUT2D eigenvalue weighted by atomic mass is 16.1. The fraction of sp³-hybridized carbons (Fsp3) is 0.500. The largest absolute Gasteiger partial charge is 0.399 e. The third-order valence-electron chi connectivity index (χ3n) is 2.86. The van der Waals surface area contributed by atoms with Crippen LogP contribution in [0.1, 0.15) is 25.3 Å². The van der Waals surface area contributed by atoms with Crippen molar-refractivity contribution in [2.75, 3.05) is 25.9 Å². The van der Waals surface area contributed by atoms with Crippen LogP contribution in [0.5, 0.6) is 0 Å². The summed E-state index contributed by atoms with van der Waals surface area (Å²) in [5.41, 5.74) is 7.68. The summed E-state index contributed by atoms with van der Waals surface area (Å²) >= 11 is 0. The van der Waals surface area contributed by atoms with E-state index in [0.29, 0.717) is 6.42 Å². The van der Waals surface area contributed by atoms with E-state index in [1.165, 1.54) is 5.56 Å². The monoisotopic (exact) mass is 249 g/mol. The molecule has 0 saturated carbocycles. The molecule has 4 nitrogen and oxygen atoms in total. The zero-order chi connectivity index (χ0) is 13.4. The molecule has 1 aromatic carbocycles. The molecule has 0 aromatic heterocycles. The lowest BCUT2D eigenvalue weighted by molar-refractivity contribution is -0.120. The van der Waals surface area contributed by atoms with Crippen molar-refractivity contribution in [2.24, 2.45) is 0 Å². The van der Waals surface area contributed by atoms with Crippen molar-refractivity contribution >= 4 is 11.6 Å². The van der Waals surface area contributed by atoms with Crippen LogP contribution in [-0.4, -0.2) is 30.9 Å². The van der Waals surface area contributed by atoms with Gasteiger partial charge in [0.05, 0.1) is 0 Å². The first-order valence-electron chi connectivity index (χ1n) is 6.43. The molecule has 0 atom stereocenters. The average molecular weight is 249 g/mol. The molecule has 1 amide bonds. The van der Waals surface area contributed by atoms with E-state index < -0.39 is 0 Å². The number of rotatable bonds is 7. The Balaban J connectivity index is 2.51. The smallest absolute Gasteiger partial charge is 0.221 e. The molecule has 0 aliphatic carbocycles. The normalized spacial score (nSPS) is 10.6. The molecule has 0 fully saturated rings. The van der Waals surface area contributed by atoms with E-state index in [9.17, 15) is 4.79 Å². The number of nitrogens with one attached hydrogen (secondary N) is 1. The topological polar surface area (TPSA) is 58.4 Å². The van der Waals surface area contributed by atoms with Crippen LogP contribution in [0.2, 0.25) is 0 Å². The second kappa shape index (κ2) is 7.71. The van der Waals surface area contributed by atoms with Gasteiger partial charge < -0.3 is 11.1 Å². The Morgan fingerprint density at radius 1 is 1.28 bits per heavy atom. The number of hydrogen-bond acceptors (Lipinski definition) is 3. The lowest BCUT2D eigenvalue weighted by Gasteiger charge is -2.21. The third-order valence-corrected chi connectivity index (χ3v) is 2.86. The highest BCUT2D eigenvalue weighted by Gasteiger charge is 2.07. The molecule has 0 radical (unpaired) electrons. The molecule has 1 rings (SSSR count). The first-order valence-corrected chi connectivity index (χ1v) is 6.43. The first kappa shape index (κ1) is 14.5. The minimum Gasteiger partial charge on any atom is -0.399 e. The van der Waals surface area contributed by atoms with E-state index in [-0.39, 0.29) is 5.91 Å². The molecule has 1 aromatic rings. The van der Waals surface area contributed by atoms with Gasteiger partial charge in [0.15, 0.2) is 0 Å². The number of nitrogen functional groups attached to an aromatic ring is 1. The van der Waals surface area contributed by atoms with Crippen molar-refractivity contribution in [3.8, 4) is 0 Å². The van der Waals surface area contributed by atoms with Gasteiger partial charge in [-0.3, -0.25) is 9.69 Å². The van der Waals surface area contributed by atoms with Crippen molar-refractivity contribution in [1.82, 2.24) is 10.2 Å². The highest BCUT2D eigenvalue weighted by molar-refractivity contribution is 5.75. The Bertz CT molecular complexity index is 362. The molecular weight excluding hydrogens is 226 g/mol. The molecule has 0 aliphatic rings. The summed E-state index contributed by atoms with van der Waals surface area (Å²) in [5, 5.41) is 2.65. The molecule has 0 unspecified atom stereocenters. The van der Waals surface area contributed by atoms with E-state index in [1.54, 1.807) is 7.05 Å². The van der Waals surface area contributed by atoms with Gasteiger partial charge >= 0.3 is 0 Å². The number of carbonyl (C=O) groups is 1. The molecule has 3 N–H and O–H groups in total. The number of anilines is 1. The summed E-state index contributed by atoms with van der Waals surface area (Å²) in [6.07, 6.45) is 1.63. The molecule has 4 heteroatoms. The molecule has 0 aliphatic heterocycles. The molecule has 100 valence electrons. The van der Waals surface area contributed by atoms with E-state index in [0.717, 1.165) is 31.7 Å². The number of benzene rings is 1. The zero-order valence-electron chi connectivity index (χ0n) is 11.3. The number of amides is 1. The summed E-state index contributed by atoms with van der Waals surface area (Å²) in [6, 6.07) is 7.91. The van der Waals surface area contributed by atoms with E-state index in [1.807, 2.05) is 24.3 Å². The Kier molecular flexibility index (Phi) is 6.22. The lowest BCUT2D eigenvalue weighted by Crippen LogP contribution is -2.29. The van der Waals surface area contributed by atoms with Crippen molar-refractivity contribution in [2.45, 2.75) is 26.3 Å². The van der Waals surface area contributed by atoms with Crippen molar-refractivity contribution < 1.29 is 4.79 Å². The van der Waals surface area contributed by atoms with Crippen molar-refractivity contribution in [1.29, 1.82) is 0 Å². The van der Waals surface area contributed by atoms with E-state index >= 15 is 0 Å². The van der Waals surface area contributed by atoms with Crippen LogP contribution in [0.25, 0.3) is 0 Å². The van der Waals surface area contributed by atoms with Gasteiger partial charge in [0, 0.05) is 32.2 Å². The van der Waals surface area contributed by atoms with Crippen LogP contribution < -0.4 is 11.1 Å². The van der Waals surface area contributed by atoms with Gasteiger partial charge in [0.25, 0.3) is 0 Å². The predicted molar refractivity (Wildman–Crippen MR) is 75.1 cm³/mol. The van der Waals surface area contributed by atoms with Gasteiger partial charge in [-0.15, -0.1) is 0 Å². The van der Waals surface area contributed by atoms with Gasteiger partial charge in [-0.25, -0.2) is 0 Å². The fourth-order valence-corrected chi connectivity index (χ4v) is 1.85.